The van der Waals surface area contributed by atoms with Crippen molar-refractivity contribution in [1.29, 1.82) is 0 Å². The van der Waals surface area contributed by atoms with Crippen molar-refractivity contribution in [1.82, 2.24) is 25.3 Å². The Balaban J connectivity index is 1.46. The monoisotopic (exact) mass is 427 g/mol. The molecule has 0 bridgehead atoms. The van der Waals surface area contributed by atoms with Crippen LogP contribution in [-0.4, -0.2) is 58.2 Å². The van der Waals surface area contributed by atoms with Gasteiger partial charge in [0.15, 0.2) is 0 Å². The van der Waals surface area contributed by atoms with E-state index in [4.69, 9.17) is 14.6 Å². The quantitative estimate of drug-likeness (QED) is 0.554. The highest BCUT2D eigenvalue weighted by Crippen LogP contribution is 2.37. The lowest BCUT2D eigenvalue weighted by atomic mass is 9.76. The first-order valence-electron chi connectivity index (χ1n) is 10.9. The van der Waals surface area contributed by atoms with E-state index in [9.17, 15) is 9.59 Å². The molecule has 2 aliphatic rings. The van der Waals surface area contributed by atoms with Gasteiger partial charge in [-0.05, 0) is 44.1 Å². The third-order valence-electron chi connectivity index (χ3n) is 6.28. The van der Waals surface area contributed by atoms with Gasteiger partial charge in [-0.3, -0.25) is 9.48 Å². The average Bonchev–Trinajstić information content (AvgIpc) is 3.06. The summed E-state index contributed by atoms with van der Waals surface area (Å²) in [4.78, 5) is 25.1. The maximum absolute atomic E-state index is 12.9. The summed E-state index contributed by atoms with van der Waals surface area (Å²) in [5.74, 6) is -0.435. The van der Waals surface area contributed by atoms with Crippen LogP contribution >= 0.6 is 0 Å². The molecule has 166 valence electrons. The summed E-state index contributed by atoms with van der Waals surface area (Å²) in [6, 6.07) is 1.61. The normalized spacial score (nSPS) is 17.7. The number of hydrogen-bond donors (Lipinski definition) is 1. The molecular weight excluding hydrogens is 398 g/mol. The Labute approximate surface area is 181 Å². The van der Waals surface area contributed by atoms with Crippen LogP contribution in [0.4, 0.5) is 0 Å². The number of rotatable bonds is 6. The van der Waals surface area contributed by atoms with Crippen molar-refractivity contribution >= 4 is 11.9 Å². The van der Waals surface area contributed by atoms with Gasteiger partial charge in [0, 0.05) is 32.7 Å². The van der Waals surface area contributed by atoms with Crippen LogP contribution in [0.25, 0.3) is 0 Å². The summed E-state index contributed by atoms with van der Waals surface area (Å²) in [6.45, 7) is 6.71. The van der Waals surface area contributed by atoms with Crippen molar-refractivity contribution < 1.29 is 19.1 Å². The van der Waals surface area contributed by atoms with E-state index in [0.717, 1.165) is 49.4 Å². The molecule has 1 N–H and O–H groups in total. The number of carbonyl (C=O) groups excluding carboxylic acids is 2. The molecule has 0 saturated carbocycles. The molecule has 2 aromatic heterocycles. The molecule has 1 saturated heterocycles. The first-order valence-corrected chi connectivity index (χ1v) is 10.9. The van der Waals surface area contributed by atoms with Gasteiger partial charge in [0.25, 0.3) is 5.91 Å². The van der Waals surface area contributed by atoms with Crippen molar-refractivity contribution in [3.05, 3.63) is 40.5 Å². The molecule has 0 atom stereocenters. The first kappa shape index (κ1) is 21.4. The number of aryl methyl sites for hydroxylation is 3. The summed E-state index contributed by atoms with van der Waals surface area (Å²) in [7, 11) is 0. The lowest BCUT2D eigenvalue weighted by Crippen LogP contribution is -2.40. The number of esters is 1. The van der Waals surface area contributed by atoms with Crippen molar-refractivity contribution in [3.63, 3.8) is 0 Å². The van der Waals surface area contributed by atoms with Crippen LogP contribution in [0.15, 0.2) is 12.3 Å². The van der Waals surface area contributed by atoms with Crippen LogP contribution in [0.1, 0.15) is 64.0 Å². The Morgan fingerprint density at radius 3 is 2.90 bits per heavy atom. The van der Waals surface area contributed by atoms with Gasteiger partial charge in [-0.2, -0.15) is 15.3 Å². The molecule has 0 aliphatic carbocycles. The van der Waals surface area contributed by atoms with Gasteiger partial charge < -0.3 is 14.8 Å². The second-order valence-corrected chi connectivity index (χ2v) is 8.34. The standard InChI is InChI=1S/C22H29N5O4/c1-3-17-19-18(13-22(14-23-20(19)28)6-11-30-12-7-22)27(26-17)9-4-10-31-21(29)16-5-8-24-25-15(16)2/h5,8H,3-4,6-7,9-14H2,1-2H3,(H,23,28). The molecule has 0 unspecified atom stereocenters. The number of nitrogens with zero attached hydrogens (tertiary/aromatic N) is 4. The topological polar surface area (TPSA) is 108 Å². The minimum Gasteiger partial charge on any atom is -0.462 e. The lowest BCUT2D eigenvalue weighted by Gasteiger charge is -2.36. The fourth-order valence-electron chi connectivity index (χ4n) is 4.43. The fourth-order valence-corrected chi connectivity index (χ4v) is 4.43. The minimum absolute atomic E-state index is 0.0142. The van der Waals surface area contributed by atoms with Crippen LogP contribution in [-0.2, 0) is 28.9 Å². The van der Waals surface area contributed by atoms with Crippen molar-refractivity contribution in [2.45, 2.75) is 52.5 Å². The summed E-state index contributed by atoms with van der Waals surface area (Å²) >= 11 is 0. The molecule has 1 fully saturated rings. The van der Waals surface area contributed by atoms with E-state index in [0.29, 0.717) is 37.2 Å². The average molecular weight is 428 g/mol. The highest BCUT2D eigenvalue weighted by Gasteiger charge is 2.39. The van der Waals surface area contributed by atoms with Gasteiger partial charge in [-0.15, -0.1) is 0 Å². The number of carbonyl (C=O) groups is 2. The lowest BCUT2D eigenvalue weighted by molar-refractivity contribution is 0.0152. The van der Waals surface area contributed by atoms with E-state index in [1.807, 2.05) is 11.6 Å². The number of fused-ring (bicyclic) bond motifs is 1. The van der Waals surface area contributed by atoms with Gasteiger partial charge in [-0.25, -0.2) is 4.79 Å². The molecule has 2 aromatic rings. The van der Waals surface area contributed by atoms with E-state index >= 15 is 0 Å². The molecule has 4 heterocycles. The van der Waals surface area contributed by atoms with Gasteiger partial charge in [0.1, 0.15) is 0 Å². The van der Waals surface area contributed by atoms with Crippen molar-refractivity contribution in [2.24, 2.45) is 5.41 Å². The highest BCUT2D eigenvalue weighted by molar-refractivity contribution is 5.97. The highest BCUT2D eigenvalue weighted by atomic mass is 16.5. The third kappa shape index (κ3) is 4.46. The molecule has 31 heavy (non-hydrogen) atoms. The second-order valence-electron chi connectivity index (χ2n) is 8.34. The second kappa shape index (κ2) is 9.13. The smallest absolute Gasteiger partial charge is 0.340 e. The van der Waals surface area contributed by atoms with Crippen LogP contribution < -0.4 is 5.32 Å². The molecular formula is C22H29N5O4. The fraction of sp³-hybridized carbons (Fsp3) is 0.591. The van der Waals surface area contributed by atoms with E-state index < -0.39 is 5.97 Å². The predicted octanol–water partition coefficient (Wildman–Crippen LogP) is 1.87. The van der Waals surface area contributed by atoms with E-state index in [-0.39, 0.29) is 17.9 Å². The minimum atomic E-state index is -0.401. The Hall–Kier alpha value is -2.81. The molecule has 1 amide bonds. The zero-order chi connectivity index (χ0) is 21.8. The largest absolute Gasteiger partial charge is 0.462 e. The molecule has 2 aliphatic heterocycles. The number of ether oxygens (including phenoxy) is 2. The van der Waals surface area contributed by atoms with Crippen molar-refractivity contribution in [2.75, 3.05) is 26.4 Å². The Morgan fingerprint density at radius 2 is 2.16 bits per heavy atom. The van der Waals surface area contributed by atoms with Gasteiger partial charge >= 0.3 is 5.97 Å². The molecule has 9 heteroatoms. The van der Waals surface area contributed by atoms with Crippen LogP contribution in [0.5, 0.6) is 0 Å². The third-order valence-corrected chi connectivity index (χ3v) is 6.28. The molecule has 4 rings (SSSR count). The predicted molar refractivity (Wildman–Crippen MR) is 112 cm³/mol. The maximum atomic E-state index is 12.9. The zero-order valence-corrected chi connectivity index (χ0v) is 18.1. The number of hydrogen-bond acceptors (Lipinski definition) is 7. The Bertz CT molecular complexity index is 965. The summed E-state index contributed by atoms with van der Waals surface area (Å²) < 4.78 is 12.9. The van der Waals surface area contributed by atoms with Crippen LogP contribution in [0.2, 0.25) is 0 Å². The van der Waals surface area contributed by atoms with E-state index in [1.165, 1.54) is 6.20 Å². The number of amides is 1. The summed E-state index contributed by atoms with van der Waals surface area (Å²) in [5, 5.41) is 15.5. The van der Waals surface area contributed by atoms with E-state index in [2.05, 4.69) is 15.5 Å². The molecule has 1 spiro atoms. The van der Waals surface area contributed by atoms with E-state index in [1.54, 1.807) is 13.0 Å². The molecule has 0 aromatic carbocycles. The Kier molecular flexibility index (Phi) is 6.31. The van der Waals surface area contributed by atoms with Crippen LogP contribution in [0, 0.1) is 12.3 Å². The summed E-state index contributed by atoms with van der Waals surface area (Å²) in [5.41, 5.74) is 3.53. The SMILES string of the molecule is CCc1nn(CCCOC(=O)c2ccnnc2C)c2c1C(=O)NCC1(CCOCC1)C2. The summed E-state index contributed by atoms with van der Waals surface area (Å²) in [6.07, 6.45) is 5.44. The first-order chi connectivity index (χ1) is 15.0. The molecule has 0 radical (unpaired) electrons. The van der Waals surface area contributed by atoms with Gasteiger partial charge in [-0.1, -0.05) is 6.92 Å². The zero-order valence-electron chi connectivity index (χ0n) is 18.1. The van der Waals surface area contributed by atoms with Crippen LogP contribution in [0.3, 0.4) is 0 Å². The maximum Gasteiger partial charge on any atom is 0.340 e. The van der Waals surface area contributed by atoms with Crippen molar-refractivity contribution in [3.8, 4) is 0 Å². The molecule has 9 nitrogen and oxygen atoms in total. The Morgan fingerprint density at radius 1 is 1.35 bits per heavy atom. The van der Waals surface area contributed by atoms with Gasteiger partial charge in [0.05, 0.1) is 41.0 Å². The number of aromatic nitrogens is 4. The number of nitrogens with one attached hydrogen (secondary N) is 1. The van der Waals surface area contributed by atoms with Gasteiger partial charge in [0.2, 0.25) is 0 Å².